The molecule has 1 aromatic rings. The molecule has 0 bridgehead atoms. The van der Waals surface area contributed by atoms with E-state index in [-0.39, 0.29) is 24.4 Å². The summed E-state index contributed by atoms with van der Waals surface area (Å²) in [5, 5.41) is 16.2. The minimum Gasteiger partial charge on any atom is -0.340 e. The average Bonchev–Trinajstić information content (AvgIpc) is 3.12. The first-order chi connectivity index (χ1) is 10.5. The van der Waals surface area contributed by atoms with Crippen LogP contribution in [-0.2, 0) is 4.79 Å². The largest absolute Gasteiger partial charge is 0.340 e. The van der Waals surface area contributed by atoms with Gasteiger partial charge in [0, 0.05) is 6.92 Å². The van der Waals surface area contributed by atoms with Gasteiger partial charge >= 0.3 is 0 Å². The summed E-state index contributed by atoms with van der Waals surface area (Å²) in [4.78, 5) is 18.7. The Labute approximate surface area is 129 Å². The summed E-state index contributed by atoms with van der Waals surface area (Å²) in [6.07, 6.45) is 3.95. The zero-order valence-corrected chi connectivity index (χ0v) is 13.0. The van der Waals surface area contributed by atoms with Gasteiger partial charge in [-0.3, -0.25) is 9.69 Å². The molecule has 1 aliphatic carbocycles. The van der Waals surface area contributed by atoms with Crippen molar-refractivity contribution in [1.82, 2.24) is 20.4 Å². The van der Waals surface area contributed by atoms with Crippen LogP contribution in [0.5, 0.6) is 0 Å². The molecule has 1 amide bonds. The van der Waals surface area contributed by atoms with E-state index in [9.17, 15) is 10.1 Å². The van der Waals surface area contributed by atoms with E-state index < -0.39 is 5.54 Å². The molecule has 1 saturated carbocycles. The van der Waals surface area contributed by atoms with Gasteiger partial charge in [0.05, 0.1) is 18.7 Å². The first kappa shape index (κ1) is 15.0. The first-order valence-electron chi connectivity index (χ1n) is 7.78. The second-order valence-electron chi connectivity index (χ2n) is 6.44. The predicted octanol–water partition coefficient (Wildman–Crippen LogP) is 1.32. The van der Waals surface area contributed by atoms with E-state index in [0.717, 1.165) is 32.2 Å². The van der Waals surface area contributed by atoms with Gasteiger partial charge in [0.1, 0.15) is 5.54 Å². The maximum Gasteiger partial charge on any atom is 0.235 e. The van der Waals surface area contributed by atoms with Crippen LogP contribution in [0.15, 0.2) is 4.52 Å². The van der Waals surface area contributed by atoms with Crippen molar-refractivity contribution in [2.24, 2.45) is 5.92 Å². The number of hydrogen-bond donors (Lipinski definition) is 1. The van der Waals surface area contributed by atoms with E-state index in [2.05, 4.69) is 26.4 Å². The fourth-order valence-electron chi connectivity index (χ4n) is 3.15. The summed E-state index contributed by atoms with van der Waals surface area (Å²) in [6.45, 7) is 4.67. The van der Waals surface area contributed by atoms with Gasteiger partial charge in [0.15, 0.2) is 5.82 Å². The van der Waals surface area contributed by atoms with Crippen LogP contribution in [-0.4, -0.2) is 39.6 Å². The summed E-state index contributed by atoms with van der Waals surface area (Å²) < 4.78 is 5.04. The molecule has 0 radical (unpaired) electrons. The van der Waals surface area contributed by atoms with Crippen LogP contribution in [0.4, 0.5) is 0 Å². The number of aromatic nitrogens is 2. The van der Waals surface area contributed by atoms with Crippen LogP contribution >= 0.6 is 0 Å². The number of likely N-dealkylation sites (tertiary alicyclic amines) is 1. The summed E-state index contributed by atoms with van der Waals surface area (Å²) in [5.41, 5.74) is -0.741. The SMILES string of the molecule is Cc1nc([C@@H]2CCCN2CC(=O)N[C@](C)(C#N)C2CC2)no1. The van der Waals surface area contributed by atoms with Crippen LogP contribution in [0.2, 0.25) is 0 Å². The first-order valence-corrected chi connectivity index (χ1v) is 7.78. The molecule has 1 aliphatic heterocycles. The van der Waals surface area contributed by atoms with Crippen LogP contribution < -0.4 is 5.32 Å². The Kier molecular flexibility index (Phi) is 3.87. The number of amides is 1. The van der Waals surface area contributed by atoms with Gasteiger partial charge in [-0.25, -0.2) is 0 Å². The number of carbonyl (C=O) groups excluding carboxylic acids is 1. The number of nitrogens with zero attached hydrogens (tertiary/aromatic N) is 4. The summed E-state index contributed by atoms with van der Waals surface area (Å²) in [5.74, 6) is 1.36. The van der Waals surface area contributed by atoms with E-state index in [4.69, 9.17) is 4.52 Å². The molecular weight excluding hydrogens is 282 g/mol. The number of nitriles is 1. The molecule has 22 heavy (non-hydrogen) atoms. The Morgan fingerprint density at radius 1 is 1.55 bits per heavy atom. The maximum absolute atomic E-state index is 12.3. The van der Waals surface area contributed by atoms with E-state index in [1.54, 1.807) is 6.92 Å². The van der Waals surface area contributed by atoms with Crippen molar-refractivity contribution in [3.8, 4) is 6.07 Å². The molecule has 3 rings (SSSR count). The number of carbonyl (C=O) groups is 1. The highest BCUT2D eigenvalue weighted by Crippen LogP contribution is 2.39. The Hall–Kier alpha value is -1.94. The lowest BCUT2D eigenvalue weighted by Gasteiger charge is -2.26. The Morgan fingerprint density at radius 2 is 2.32 bits per heavy atom. The van der Waals surface area contributed by atoms with Gasteiger partial charge in [0.2, 0.25) is 11.8 Å². The molecular formula is C15H21N5O2. The highest BCUT2D eigenvalue weighted by Gasteiger charge is 2.43. The van der Waals surface area contributed by atoms with Crippen molar-refractivity contribution in [3.63, 3.8) is 0 Å². The van der Waals surface area contributed by atoms with Crippen LogP contribution in [0.3, 0.4) is 0 Å². The monoisotopic (exact) mass is 303 g/mol. The van der Waals surface area contributed by atoms with Crippen molar-refractivity contribution >= 4 is 5.91 Å². The van der Waals surface area contributed by atoms with Crippen LogP contribution in [0, 0.1) is 24.2 Å². The minimum absolute atomic E-state index is 0.0254. The van der Waals surface area contributed by atoms with Crippen LogP contribution in [0.1, 0.15) is 50.4 Å². The van der Waals surface area contributed by atoms with Gasteiger partial charge in [-0.05, 0) is 45.1 Å². The minimum atomic E-state index is -0.741. The van der Waals surface area contributed by atoms with Gasteiger partial charge in [0.25, 0.3) is 0 Å². The number of rotatable bonds is 5. The second-order valence-corrected chi connectivity index (χ2v) is 6.44. The van der Waals surface area contributed by atoms with E-state index in [1.165, 1.54) is 0 Å². The molecule has 0 spiro atoms. The standard InChI is InChI=1S/C15H21N5O2/c1-10-17-14(19-22-10)12-4-3-7-20(12)8-13(21)18-15(2,9-16)11-5-6-11/h11-12H,3-8H2,1-2H3,(H,18,21)/t12-,15+/m0/s1. The molecule has 2 heterocycles. The quantitative estimate of drug-likeness (QED) is 0.881. The van der Waals surface area contributed by atoms with Crippen molar-refractivity contribution in [3.05, 3.63) is 11.7 Å². The smallest absolute Gasteiger partial charge is 0.235 e. The zero-order chi connectivity index (χ0) is 15.7. The molecule has 118 valence electrons. The average molecular weight is 303 g/mol. The molecule has 7 nitrogen and oxygen atoms in total. The lowest BCUT2D eigenvalue weighted by atomic mass is 9.98. The van der Waals surface area contributed by atoms with Crippen molar-refractivity contribution in [2.75, 3.05) is 13.1 Å². The molecule has 1 N–H and O–H groups in total. The lowest BCUT2D eigenvalue weighted by Crippen LogP contribution is -2.50. The van der Waals surface area contributed by atoms with Gasteiger partial charge < -0.3 is 9.84 Å². The molecule has 0 unspecified atom stereocenters. The van der Waals surface area contributed by atoms with Crippen molar-refractivity contribution in [2.45, 2.75) is 51.1 Å². The number of aryl methyl sites for hydroxylation is 1. The fourth-order valence-corrected chi connectivity index (χ4v) is 3.15. The predicted molar refractivity (Wildman–Crippen MR) is 77.5 cm³/mol. The molecule has 2 atom stereocenters. The molecule has 7 heteroatoms. The van der Waals surface area contributed by atoms with Crippen molar-refractivity contribution < 1.29 is 9.32 Å². The molecule has 0 aromatic carbocycles. The van der Waals surface area contributed by atoms with E-state index >= 15 is 0 Å². The van der Waals surface area contributed by atoms with Crippen LogP contribution in [0.25, 0.3) is 0 Å². The third kappa shape index (κ3) is 2.97. The van der Waals surface area contributed by atoms with Crippen molar-refractivity contribution in [1.29, 1.82) is 5.26 Å². The highest BCUT2D eigenvalue weighted by atomic mass is 16.5. The normalized spacial score (nSPS) is 24.7. The molecule has 1 saturated heterocycles. The zero-order valence-electron chi connectivity index (χ0n) is 13.0. The Balaban J connectivity index is 1.62. The van der Waals surface area contributed by atoms with Gasteiger partial charge in [-0.15, -0.1) is 0 Å². The number of hydrogen-bond acceptors (Lipinski definition) is 6. The summed E-state index contributed by atoms with van der Waals surface area (Å²) >= 11 is 0. The van der Waals surface area contributed by atoms with E-state index in [0.29, 0.717) is 11.7 Å². The summed E-state index contributed by atoms with van der Waals surface area (Å²) in [6, 6.07) is 2.28. The third-order valence-electron chi connectivity index (χ3n) is 4.58. The fraction of sp³-hybridized carbons (Fsp3) is 0.733. The number of nitrogens with one attached hydrogen (secondary N) is 1. The molecule has 2 fully saturated rings. The highest BCUT2D eigenvalue weighted by molar-refractivity contribution is 5.79. The van der Waals surface area contributed by atoms with Gasteiger partial charge in [-0.1, -0.05) is 5.16 Å². The topological polar surface area (TPSA) is 95.1 Å². The molecule has 1 aromatic heterocycles. The third-order valence-corrected chi connectivity index (χ3v) is 4.58. The maximum atomic E-state index is 12.3. The van der Waals surface area contributed by atoms with E-state index in [1.807, 2.05) is 6.92 Å². The van der Waals surface area contributed by atoms with Gasteiger partial charge in [-0.2, -0.15) is 10.2 Å². The second kappa shape index (κ2) is 5.69. The Bertz CT molecular complexity index is 603. The molecule has 2 aliphatic rings. The summed E-state index contributed by atoms with van der Waals surface area (Å²) in [7, 11) is 0. The lowest BCUT2D eigenvalue weighted by molar-refractivity contribution is -0.123. The Morgan fingerprint density at radius 3 is 2.91 bits per heavy atom.